The maximum atomic E-state index is 5.99. The molecule has 1 aromatic heterocycles. The molecule has 0 aliphatic carbocycles. The van der Waals surface area contributed by atoms with Crippen LogP contribution in [0.15, 0.2) is 28.1 Å². The van der Waals surface area contributed by atoms with Gasteiger partial charge in [0.25, 0.3) is 0 Å². The van der Waals surface area contributed by atoms with Crippen molar-refractivity contribution in [3.63, 3.8) is 0 Å². The topological polar surface area (TPSA) is 50.9 Å². The normalized spacial score (nSPS) is 13.4. The molecule has 3 N–H and O–H groups in total. The van der Waals surface area contributed by atoms with Gasteiger partial charge in [-0.2, -0.15) is 0 Å². The summed E-state index contributed by atoms with van der Waals surface area (Å²) in [6.07, 6.45) is 0.747. The van der Waals surface area contributed by atoms with E-state index in [0.717, 1.165) is 27.2 Å². The van der Waals surface area contributed by atoms with Gasteiger partial charge in [-0.15, -0.1) is 11.3 Å². The predicted molar refractivity (Wildman–Crippen MR) is 93.7 cm³/mol. The second-order valence-electron chi connectivity index (χ2n) is 5.97. The highest BCUT2D eigenvalue weighted by molar-refractivity contribution is 9.10. The number of benzene rings is 1. The minimum atomic E-state index is -0.00406. The number of nitrogens with zero attached hydrogens (tertiary/aromatic N) is 1. The van der Waals surface area contributed by atoms with E-state index in [0.29, 0.717) is 5.02 Å². The van der Waals surface area contributed by atoms with Crippen LogP contribution in [0.5, 0.6) is 0 Å². The molecule has 6 heteroatoms. The Hall–Kier alpha value is -0.460. The lowest BCUT2D eigenvalue weighted by molar-refractivity contribution is 0.539. The Kier molecular flexibility index (Phi) is 5.43. The minimum Gasteiger partial charge on any atom is -0.271 e. The van der Waals surface area contributed by atoms with Crippen molar-refractivity contribution in [2.75, 3.05) is 0 Å². The first-order valence-corrected chi connectivity index (χ1v) is 8.72. The molecule has 114 valence electrons. The molecule has 0 spiro atoms. The summed E-state index contributed by atoms with van der Waals surface area (Å²) >= 11 is 11.2. The highest BCUT2D eigenvalue weighted by atomic mass is 79.9. The summed E-state index contributed by atoms with van der Waals surface area (Å²) in [6, 6.07) is 5.73. The molecule has 3 nitrogen and oxygen atoms in total. The molecule has 0 saturated heterocycles. The van der Waals surface area contributed by atoms with Gasteiger partial charge in [0.2, 0.25) is 0 Å². The lowest BCUT2D eigenvalue weighted by atomic mass is 9.93. The number of rotatable bonds is 4. The van der Waals surface area contributed by atoms with Gasteiger partial charge in [0.1, 0.15) is 0 Å². The molecule has 2 rings (SSSR count). The van der Waals surface area contributed by atoms with Crippen LogP contribution in [0, 0.1) is 0 Å². The fraction of sp³-hybridized carbons (Fsp3) is 0.400. The molecule has 0 aliphatic heterocycles. The maximum Gasteiger partial charge on any atom is 0.0948 e. The van der Waals surface area contributed by atoms with Gasteiger partial charge in [0, 0.05) is 26.7 Å². The number of aromatic nitrogens is 1. The van der Waals surface area contributed by atoms with Gasteiger partial charge < -0.3 is 0 Å². The first kappa shape index (κ1) is 16.9. The molecule has 0 aliphatic rings. The van der Waals surface area contributed by atoms with Crippen LogP contribution < -0.4 is 11.3 Å². The van der Waals surface area contributed by atoms with Crippen molar-refractivity contribution in [3.05, 3.63) is 49.3 Å². The minimum absolute atomic E-state index is 0.00406. The molecule has 1 heterocycles. The van der Waals surface area contributed by atoms with E-state index in [1.165, 1.54) is 0 Å². The largest absolute Gasteiger partial charge is 0.271 e. The fourth-order valence-electron chi connectivity index (χ4n) is 1.97. The molecule has 0 fully saturated rings. The van der Waals surface area contributed by atoms with Crippen LogP contribution in [0.2, 0.25) is 5.02 Å². The Balaban J connectivity index is 2.21. The van der Waals surface area contributed by atoms with E-state index in [1.54, 1.807) is 11.3 Å². The average Bonchev–Trinajstić information content (AvgIpc) is 2.85. The molecule has 2 aromatic rings. The number of halogens is 2. The highest BCUT2D eigenvalue weighted by Crippen LogP contribution is 2.30. The molecule has 1 atom stereocenters. The monoisotopic (exact) mass is 387 g/mol. The zero-order valence-electron chi connectivity index (χ0n) is 12.3. The lowest BCUT2D eigenvalue weighted by Crippen LogP contribution is -2.29. The van der Waals surface area contributed by atoms with Gasteiger partial charge in [-0.25, -0.2) is 4.98 Å². The summed E-state index contributed by atoms with van der Waals surface area (Å²) in [5.41, 5.74) is 5.14. The average molecular weight is 389 g/mol. The summed E-state index contributed by atoms with van der Waals surface area (Å²) < 4.78 is 0.950. The van der Waals surface area contributed by atoms with E-state index in [-0.39, 0.29) is 11.5 Å². The van der Waals surface area contributed by atoms with Gasteiger partial charge in [0.05, 0.1) is 16.7 Å². The van der Waals surface area contributed by atoms with Crippen LogP contribution >= 0.6 is 38.9 Å². The summed E-state index contributed by atoms with van der Waals surface area (Å²) in [5.74, 6) is 5.73. The number of hydrazine groups is 1. The first-order chi connectivity index (χ1) is 9.81. The third-order valence-corrected chi connectivity index (χ3v) is 5.03. The zero-order valence-corrected chi connectivity index (χ0v) is 15.4. The number of nitrogens with two attached hydrogens (primary N) is 1. The third-order valence-electron chi connectivity index (χ3n) is 3.24. The SMILES string of the molecule is CC(C)(C)c1csc(CC(NN)c2ccc(Cl)cc2Br)n1. The second-order valence-corrected chi connectivity index (χ2v) is 8.20. The highest BCUT2D eigenvalue weighted by Gasteiger charge is 2.20. The standard InChI is InChI=1S/C15H19BrClN3S/c1-15(2,3)13-8-21-14(19-13)7-12(20-18)10-5-4-9(17)6-11(10)16/h4-6,8,12,20H,7,18H2,1-3H3. The number of hydrogen-bond acceptors (Lipinski definition) is 4. The molecule has 1 unspecified atom stereocenters. The Morgan fingerprint density at radius 2 is 2.14 bits per heavy atom. The third kappa shape index (κ3) is 4.27. The molecule has 0 amide bonds. The van der Waals surface area contributed by atoms with Crippen LogP contribution in [-0.4, -0.2) is 4.98 Å². The molecule has 0 radical (unpaired) electrons. The number of nitrogens with one attached hydrogen (secondary N) is 1. The van der Waals surface area contributed by atoms with Crippen molar-refractivity contribution in [1.29, 1.82) is 0 Å². The van der Waals surface area contributed by atoms with Crippen LogP contribution in [0.25, 0.3) is 0 Å². The Labute approximate surface area is 143 Å². The first-order valence-electron chi connectivity index (χ1n) is 6.67. The van der Waals surface area contributed by atoms with Gasteiger partial charge in [-0.05, 0) is 17.7 Å². The van der Waals surface area contributed by atoms with E-state index in [4.69, 9.17) is 22.4 Å². The Bertz CT molecular complexity index is 622. The van der Waals surface area contributed by atoms with Gasteiger partial charge in [-0.3, -0.25) is 11.3 Å². The van der Waals surface area contributed by atoms with Gasteiger partial charge in [0.15, 0.2) is 0 Å². The maximum absolute atomic E-state index is 5.99. The van der Waals surface area contributed by atoms with Crippen LogP contribution in [0.3, 0.4) is 0 Å². The zero-order chi connectivity index (χ0) is 15.6. The van der Waals surface area contributed by atoms with Gasteiger partial charge in [-0.1, -0.05) is 54.4 Å². The number of hydrogen-bond donors (Lipinski definition) is 2. The summed E-state index contributed by atoms with van der Waals surface area (Å²) in [4.78, 5) is 4.72. The summed E-state index contributed by atoms with van der Waals surface area (Å²) in [6.45, 7) is 6.50. The molecule has 0 saturated carbocycles. The van der Waals surface area contributed by atoms with E-state index in [2.05, 4.69) is 47.5 Å². The molecular weight excluding hydrogens is 370 g/mol. The van der Waals surface area contributed by atoms with Crippen molar-refractivity contribution in [2.45, 2.75) is 38.6 Å². The van der Waals surface area contributed by atoms with Crippen molar-refractivity contribution < 1.29 is 0 Å². The molecular formula is C15H19BrClN3S. The van der Waals surface area contributed by atoms with Crippen molar-refractivity contribution in [2.24, 2.45) is 5.84 Å². The van der Waals surface area contributed by atoms with Crippen molar-refractivity contribution >= 4 is 38.9 Å². The van der Waals surface area contributed by atoms with Crippen molar-refractivity contribution in [1.82, 2.24) is 10.4 Å². The van der Waals surface area contributed by atoms with Crippen LogP contribution in [0.4, 0.5) is 0 Å². The van der Waals surface area contributed by atoms with E-state index in [1.807, 2.05) is 18.2 Å². The fourth-order valence-corrected chi connectivity index (χ4v) is 3.99. The predicted octanol–water partition coefficient (Wildman–Crippen LogP) is 4.60. The Morgan fingerprint density at radius 1 is 1.43 bits per heavy atom. The van der Waals surface area contributed by atoms with E-state index >= 15 is 0 Å². The molecule has 21 heavy (non-hydrogen) atoms. The van der Waals surface area contributed by atoms with Gasteiger partial charge >= 0.3 is 0 Å². The number of thiazole rings is 1. The second kappa shape index (κ2) is 6.75. The Morgan fingerprint density at radius 3 is 2.67 bits per heavy atom. The smallest absolute Gasteiger partial charge is 0.0948 e. The summed E-state index contributed by atoms with van der Waals surface area (Å²) in [7, 11) is 0. The summed E-state index contributed by atoms with van der Waals surface area (Å²) in [5, 5.41) is 3.90. The van der Waals surface area contributed by atoms with Crippen LogP contribution in [0.1, 0.15) is 43.1 Å². The quantitative estimate of drug-likeness (QED) is 0.594. The van der Waals surface area contributed by atoms with Crippen molar-refractivity contribution in [3.8, 4) is 0 Å². The molecule has 0 bridgehead atoms. The molecule has 1 aromatic carbocycles. The van der Waals surface area contributed by atoms with Crippen LogP contribution in [-0.2, 0) is 11.8 Å². The van der Waals surface area contributed by atoms with E-state index < -0.39 is 0 Å². The lowest BCUT2D eigenvalue weighted by Gasteiger charge is -2.17. The van der Waals surface area contributed by atoms with E-state index in [9.17, 15) is 0 Å².